The average Bonchev–Trinajstić information content (AvgIpc) is 2.88. The number of fused-ring (bicyclic) bond motifs is 2. The Balaban J connectivity index is 1.76. The molecule has 1 amide bonds. The van der Waals surface area contributed by atoms with E-state index >= 15 is 0 Å². The van der Waals surface area contributed by atoms with Gasteiger partial charge in [-0.3, -0.25) is 14.3 Å². The third-order valence-corrected chi connectivity index (χ3v) is 4.12. The van der Waals surface area contributed by atoms with Crippen molar-refractivity contribution in [3.05, 3.63) is 64.2 Å². The van der Waals surface area contributed by atoms with Crippen LogP contribution < -0.4 is 10.9 Å². The van der Waals surface area contributed by atoms with Crippen LogP contribution in [0.2, 0.25) is 0 Å². The molecule has 0 fully saturated rings. The first-order valence-corrected chi connectivity index (χ1v) is 7.76. The number of rotatable bonds is 2. The Hall–Kier alpha value is -3.48. The summed E-state index contributed by atoms with van der Waals surface area (Å²) in [6.45, 7) is 1.89. The number of benzene rings is 1. The quantitative estimate of drug-likeness (QED) is 0.589. The van der Waals surface area contributed by atoms with E-state index in [9.17, 15) is 9.59 Å². The molecule has 0 aliphatic heterocycles. The van der Waals surface area contributed by atoms with Crippen molar-refractivity contribution in [1.29, 1.82) is 0 Å². The number of carbonyl (C=O) groups is 1. The lowest BCUT2D eigenvalue weighted by atomic mass is 10.1. The highest BCUT2D eigenvalue weighted by Crippen LogP contribution is 2.21. The van der Waals surface area contributed by atoms with Crippen molar-refractivity contribution in [2.45, 2.75) is 6.92 Å². The number of nitrogens with one attached hydrogen (secondary N) is 2. The summed E-state index contributed by atoms with van der Waals surface area (Å²) in [4.78, 5) is 31.6. The number of hydrogen-bond acceptors (Lipinski definition) is 4. The Morgan fingerprint density at radius 2 is 2.00 bits per heavy atom. The highest BCUT2D eigenvalue weighted by molar-refractivity contribution is 6.12. The summed E-state index contributed by atoms with van der Waals surface area (Å²) in [5.41, 5.74) is 2.76. The van der Waals surface area contributed by atoms with Crippen molar-refractivity contribution in [2.75, 3.05) is 5.32 Å². The predicted octanol–water partition coefficient (Wildman–Crippen LogP) is 2.37. The van der Waals surface area contributed by atoms with Crippen LogP contribution in [0.15, 0.2) is 47.4 Å². The molecule has 3 heterocycles. The lowest BCUT2D eigenvalue weighted by molar-refractivity contribution is 0.102. The fraction of sp³-hybridized carbons (Fsp3) is 0.111. The van der Waals surface area contributed by atoms with Gasteiger partial charge in [0.25, 0.3) is 5.91 Å². The molecule has 1 aromatic carbocycles. The van der Waals surface area contributed by atoms with Gasteiger partial charge in [-0.2, -0.15) is 5.10 Å². The number of para-hydroxylation sites is 1. The Bertz CT molecular complexity index is 1190. The second kappa shape index (κ2) is 5.55. The largest absolute Gasteiger partial charge is 0.322 e. The van der Waals surface area contributed by atoms with E-state index in [1.807, 2.05) is 32.2 Å². The standard InChI is InChI=1S/C18H15N5O2/c1-10-13-7-11(9-19-17(13)23(2)22-10)20-18(25)14-8-16(24)21-15-6-4-3-5-12(14)15/h3-9H,1-2H3,(H,20,25)(H,21,24). The molecule has 0 saturated heterocycles. The number of aromatic amines is 1. The van der Waals surface area contributed by atoms with Crippen LogP contribution in [-0.2, 0) is 7.05 Å². The first kappa shape index (κ1) is 15.1. The van der Waals surface area contributed by atoms with Gasteiger partial charge in [0.2, 0.25) is 5.56 Å². The smallest absolute Gasteiger partial charge is 0.256 e. The van der Waals surface area contributed by atoms with Crippen molar-refractivity contribution in [1.82, 2.24) is 19.7 Å². The number of amides is 1. The van der Waals surface area contributed by atoms with Crippen molar-refractivity contribution in [2.24, 2.45) is 7.05 Å². The zero-order valence-electron chi connectivity index (χ0n) is 13.7. The second-order valence-electron chi connectivity index (χ2n) is 5.85. The summed E-state index contributed by atoms with van der Waals surface area (Å²) >= 11 is 0. The first-order valence-electron chi connectivity index (χ1n) is 7.76. The number of aromatic nitrogens is 4. The van der Waals surface area contributed by atoms with Gasteiger partial charge in [-0.1, -0.05) is 18.2 Å². The molecule has 0 radical (unpaired) electrons. The predicted molar refractivity (Wildman–Crippen MR) is 95.8 cm³/mol. The summed E-state index contributed by atoms with van der Waals surface area (Å²) in [5, 5.41) is 8.69. The van der Waals surface area contributed by atoms with Crippen LogP contribution in [0.5, 0.6) is 0 Å². The molecule has 25 heavy (non-hydrogen) atoms. The summed E-state index contributed by atoms with van der Waals surface area (Å²) in [6, 6.07) is 10.3. The molecule has 4 rings (SSSR count). The highest BCUT2D eigenvalue weighted by atomic mass is 16.2. The van der Waals surface area contributed by atoms with Crippen LogP contribution >= 0.6 is 0 Å². The second-order valence-corrected chi connectivity index (χ2v) is 5.85. The van der Waals surface area contributed by atoms with Crippen LogP contribution in [0, 0.1) is 6.92 Å². The van der Waals surface area contributed by atoms with Gasteiger partial charge >= 0.3 is 0 Å². The van der Waals surface area contributed by atoms with Gasteiger partial charge in [-0.25, -0.2) is 4.98 Å². The minimum absolute atomic E-state index is 0.319. The van der Waals surface area contributed by atoms with Crippen molar-refractivity contribution >= 4 is 33.5 Å². The monoisotopic (exact) mass is 333 g/mol. The van der Waals surface area contributed by atoms with Crippen LogP contribution in [0.3, 0.4) is 0 Å². The van der Waals surface area contributed by atoms with Gasteiger partial charge in [0, 0.05) is 29.4 Å². The van der Waals surface area contributed by atoms with Gasteiger partial charge in [0.15, 0.2) is 5.65 Å². The van der Waals surface area contributed by atoms with Crippen molar-refractivity contribution in [3.8, 4) is 0 Å². The van der Waals surface area contributed by atoms with Crippen LogP contribution in [-0.4, -0.2) is 25.7 Å². The molecule has 0 aliphatic rings. The number of carbonyl (C=O) groups excluding carboxylic acids is 1. The number of nitrogens with zero attached hydrogens (tertiary/aromatic N) is 3. The molecule has 0 aliphatic carbocycles. The van der Waals surface area contributed by atoms with Crippen molar-refractivity contribution < 1.29 is 4.79 Å². The number of aryl methyl sites for hydroxylation is 2. The van der Waals surface area contributed by atoms with E-state index in [-0.39, 0.29) is 11.5 Å². The van der Waals surface area contributed by atoms with Crippen LogP contribution in [0.4, 0.5) is 5.69 Å². The number of hydrogen-bond donors (Lipinski definition) is 2. The van der Waals surface area contributed by atoms with Gasteiger partial charge in [0.05, 0.1) is 23.1 Å². The molecule has 124 valence electrons. The molecular formula is C18H15N5O2. The first-order chi connectivity index (χ1) is 12.0. The maximum absolute atomic E-state index is 12.7. The topological polar surface area (TPSA) is 92.7 Å². The van der Waals surface area contributed by atoms with Gasteiger partial charge in [0.1, 0.15) is 0 Å². The Morgan fingerprint density at radius 3 is 2.84 bits per heavy atom. The van der Waals surface area contributed by atoms with Crippen molar-refractivity contribution in [3.63, 3.8) is 0 Å². The molecule has 0 spiro atoms. The van der Waals surface area contributed by atoms with Gasteiger partial charge in [-0.05, 0) is 19.1 Å². The van der Waals surface area contributed by atoms with E-state index in [4.69, 9.17) is 0 Å². The Kier molecular flexibility index (Phi) is 3.35. The maximum Gasteiger partial charge on any atom is 0.256 e. The molecule has 7 nitrogen and oxygen atoms in total. The summed E-state index contributed by atoms with van der Waals surface area (Å²) < 4.78 is 1.69. The molecule has 4 aromatic rings. The summed E-state index contributed by atoms with van der Waals surface area (Å²) in [6.07, 6.45) is 1.58. The van der Waals surface area contributed by atoms with Gasteiger partial charge in [-0.15, -0.1) is 0 Å². The molecule has 2 N–H and O–H groups in total. The molecule has 0 atom stereocenters. The van der Waals surface area contributed by atoms with Gasteiger partial charge < -0.3 is 10.3 Å². The fourth-order valence-electron chi connectivity index (χ4n) is 2.97. The van der Waals surface area contributed by atoms with Crippen LogP contribution in [0.1, 0.15) is 16.1 Å². The molecule has 0 saturated carbocycles. The normalized spacial score (nSPS) is 11.1. The minimum atomic E-state index is -0.356. The average molecular weight is 333 g/mol. The molecule has 0 bridgehead atoms. The van der Waals surface area contributed by atoms with E-state index < -0.39 is 0 Å². The molecule has 3 aromatic heterocycles. The Labute approximate surface area is 142 Å². The fourth-order valence-corrected chi connectivity index (χ4v) is 2.97. The molecular weight excluding hydrogens is 318 g/mol. The maximum atomic E-state index is 12.7. The van der Waals surface area contributed by atoms with E-state index in [1.54, 1.807) is 23.0 Å². The zero-order valence-corrected chi connectivity index (χ0v) is 13.7. The third kappa shape index (κ3) is 2.55. The minimum Gasteiger partial charge on any atom is -0.322 e. The zero-order chi connectivity index (χ0) is 17.6. The number of pyridine rings is 2. The SMILES string of the molecule is Cc1nn(C)c2ncc(NC(=O)c3cc(=O)[nH]c4ccccc34)cc12. The van der Waals surface area contributed by atoms with Crippen LogP contribution in [0.25, 0.3) is 21.9 Å². The molecule has 7 heteroatoms. The number of H-pyrrole nitrogens is 1. The van der Waals surface area contributed by atoms with E-state index in [0.717, 1.165) is 16.7 Å². The summed E-state index contributed by atoms with van der Waals surface area (Å²) in [7, 11) is 1.82. The summed E-state index contributed by atoms with van der Waals surface area (Å²) in [5.74, 6) is -0.356. The third-order valence-electron chi connectivity index (χ3n) is 4.12. The van der Waals surface area contributed by atoms with E-state index in [1.165, 1.54) is 6.07 Å². The lowest BCUT2D eigenvalue weighted by Crippen LogP contribution is -2.17. The molecule has 0 unspecified atom stereocenters. The Morgan fingerprint density at radius 1 is 1.20 bits per heavy atom. The highest BCUT2D eigenvalue weighted by Gasteiger charge is 2.13. The van der Waals surface area contributed by atoms with E-state index in [0.29, 0.717) is 22.2 Å². The lowest BCUT2D eigenvalue weighted by Gasteiger charge is -2.08. The number of anilines is 1. The van der Waals surface area contributed by atoms with E-state index in [2.05, 4.69) is 20.4 Å².